The normalized spacial score (nSPS) is 13.4. The van der Waals surface area contributed by atoms with Crippen LogP contribution < -0.4 is 4.74 Å². The minimum Gasteiger partial charge on any atom is -0.496 e. The molecule has 7 heteroatoms. The van der Waals surface area contributed by atoms with Gasteiger partial charge in [0, 0.05) is 41.7 Å². The highest BCUT2D eigenvalue weighted by molar-refractivity contribution is 6.09. The van der Waals surface area contributed by atoms with Gasteiger partial charge in [0.15, 0.2) is 0 Å². The van der Waals surface area contributed by atoms with Gasteiger partial charge in [0.05, 0.1) is 12.7 Å². The third-order valence-corrected chi connectivity index (χ3v) is 6.12. The molecule has 32 heavy (non-hydrogen) atoms. The number of aromatic nitrogens is 1. The van der Waals surface area contributed by atoms with Gasteiger partial charge < -0.3 is 19.3 Å². The van der Waals surface area contributed by atoms with Gasteiger partial charge in [-0.2, -0.15) is 0 Å². The number of methoxy groups -OCH3 is 1. The summed E-state index contributed by atoms with van der Waals surface area (Å²) in [5.74, 6) is -1.03. The molecule has 162 valence electrons. The predicted molar refractivity (Wildman–Crippen MR) is 118 cm³/mol. The van der Waals surface area contributed by atoms with Crippen LogP contribution in [0.1, 0.15) is 21.6 Å². The lowest BCUT2D eigenvalue weighted by Crippen LogP contribution is -2.36. The minimum atomic E-state index is -0.965. The number of halogens is 1. The van der Waals surface area contributed by atoms with Crippen LogP contribution in [-0.4, -0.2) is 40.1 Å². The largest absolute Gasteiger partial charge is 0.496 e. The molecule has 1 aromatic heterocycles. The van der Waals surface area contributed by atoms with Gasteiger partial charge in [-0.15, -0.1) is 0 Å². The fourth-order valence-electron chi connectivity index (χ4n) is 4.71. The predicted octanol–water partition coefficient (Wildman–Crippen LogP) is 4.23. The number of hydrogen-bond donors (Lipinski definition) is 1. The summed E-state index contributed by atoms with van der Waals surface area (Å²) < 4.78 is 21.3. The first-order chi connectivity index (χ1) is 15.5. The van der Waals surface area contributed by atoms with Crippen LogP contribution >= 0.6 is 0 Å². The van der Waals surface area contributed by atoms with Crippen molar-refractivity contribution in [3.63, 3.8) is 0 Å². The van der Waals surface area contributed by atoms with E-state index in [1.807, 2.05) is 30.3 Å². The molecule has 0 saturated carbocycles. The summed E-state index contributed by atoms with van der Waals surface area (Å²) in [6.07, 6.45) is 0.484. The van der Waals surface area contributed by atoms with Crippen molar-refractivity contribution in [2.45, 2.75) is 19.5 Å². The van der Waals surface area contributed by atoms with Crippen molar-refractivity contribution in [2.24, 2.45) is 0 Å². The molecule has 5 rings (SSSR count). The van der Waals surface area contributed by atoms with E-state index in [9.17, 15) is 19.1 Å². The van der Waals surface area contributed by atoms with Crippen LogP contribution in [-0.2, 0) is 24.3 Å². The minimum absolute atomic E-state index is 0.167. The van der Waals surface area contributed by atoms with Gasteiger partial charge in [-0.3, -0.25) is 9.59 Å². The highest BCUT2D eigenvalue weighted by Crippen LogP contribution is 2.34. The molecule has 0 bridgehead atoms. The van der Waals surface area contributed by atoms with Crippen LogP contribution in [0.4, 0.5) is 4.39 Å². The Labute approximate surface area is 183 Å². The van der Waals surface area contributed by atoms with Crippen molar-refractivity contribution in [3.05, 3.63) is 77.2 Å². The van der Waals surface area contributed by atoms with E-state index >= 15 is 0 Å². The third-order valence-electron chi connectivity index (χ3n) is 6.12. The number of rotatable bonds is 4. The molecule has 1 aliphatic rings. The summed E-state index contributed by atoms with van der Waals surface area (Å²) in [5.41, 5.74) is 2.78. The van der Waals surface area contributed by atoms with E-state index in [1.165, 1.54) is 19.2 Å². The van der Waals surface area contributed by atoms with E-state index in [0.29, 0.717) is 35.2 Å². The first kappa shape index (κ1) is 20.1. The fourth-order valence-corrected chi connectivity index (χ4v) is 4.71. The Morgan fingerprint density at radius 1 is 1.09 bits per heavy atom. The monoisotopic (exact) mass is 432 g/mol. The van der Waals surface area contributed by atoms with Crippen LogP contribution in [0.5, 0.6) is 5.75 Å². The van der Waals surface area contributed by atoms with Crippen molar-refractivity contribution in [1.82, 2.24) is 9.47 Å². The number of fused-ring (bicyclic) bond motifs is 4. The smallest absolute Gasteiger partial charge is 0.323 e. The van der Waals surface area contributed by atoms with Crippen LogP contribution in [0.25, 0.3) is 21.7 Å². The van der Waals surface area contributed by atoms with Gasteiger partial charge in [-0.1, -0.05) is 30.3 Å². The first-order valence-corrected chi connectivity index (χ1v) is 10.3. The topological polar surface area (TPSA) is 71.8 Å². The molecule has 1 N–H and O–H groups in total. The van der Waals surface area contributed by atoms with Gasteiger partial charge in [-0.25, -0.2) is 4.39 Å². The molecule has 6 nitrogen and oxygen atoms in total. The summed E-state index contributed by atoms with van der Waals surface area (Å²) in [5, 5.41) is 11.8. The number of carboxylic acids is 1. The van der Waals surface area contributed by atoms with Crippen molar-refractivity contribution < 1.29 is 23.8 Å². The van der Waals surface area contributed by atoms with E-state index in [-0.39, 0.29) is 19.0 Å². The Morgan fingerprint density at radius 3 is 2.69 bits per heavy atom. The standard InChI is InChI=1S/C25H21FN2O4/c1-32-22-9-6-15-4-2-3-5-17(15)24(22)25(31)27-11-10-21-19(13-27)18-12-16(26)7-8-20(18)28(21)14-23(29)30/h2-9,12H,10-11,13-14H2,1H3,(H,29,30). The van der Waals surface area contributed by atoms with Gasteiger partial charge in [0.1, 0.15) is 18.1 Å². The van der Waals surface area contributed by atoms with Crippen molar-refractivity contribution in [1.29, 1.82) is 0 Å². The molecule has 1 amide bonds. The number of nitrogens with zero attached hydrogens (tertiary/aromatic N) is 2. The highest BCUT2D eigenvalue weighted by Gasteiger charge is 2.30. The van der Waals surface area contributed by atoms with Gasteiger partial charge in [0.2, 0.25) is 0 Å². The molecule has 0 unspecified atom stereocenters. The second-order valence-corrected chi connectivity index (χ2v) is 7.91. The van der Waals surface area contributed by atoms with E-state index in [2.05, 4.69) is 0 Å². The van der Waals surface area contributed by atoms with E-state index in [1.54, 1.807) is 21.6 Å². The van der Waals surface area contributed by atoms with Gasteiger partial charge >= 0.3 is 5.97 Å². The maximum Gasteiger partial charge on any atom is 0.323 e. The number of hydrogen-bond acceptors (Lipinski definition) is 3. The van der Waals surface area contributed by atoms with Gasteiger partial charge in [-0.05, 0) is 35.0 Å². The second-order valence-electron chi connectivity index (χ2n) is 7.91. The Morgan fingerprint density at radius 2 is 1.91 bits per heavy atom. The van der Waals surface area contributed by atoms with Crippen LogP contribution in [0.3, 0.4) is 0 Å². The maximum absolute atomic E-state index is 14.0. The number of carbonyl (C=O) groups excluding carboxylic acids is 1. The number of benzene rings is 3. The molecule has 3 aromatic carbocycles. The lowest BCUT2D eigenvalue weighted by Gasteiger charge is -2.29. The average molecular weight is 432 g/mol. The summed E-state index contributed by atoms with van der Waals surface area (Å²) in [4.78, 5) is 26.8. The average Bonchev–Trinajstić information content (AvgIpc) is 3.09. The van der Waals surface area contributed by atoms with Crippen molar-refractivity contribution >= 4 is 33.6 Å². The number of aliphatic carboxylic acids is 1. The van der Waals surface area contributed by atoms with Crippen molar-refractivity contribution in [2.75, 3.05) is 13.7 Å². The third kappa shape index (κ3) is 3.17. The van der Waals surface area contributed by atoms with Crippen LogP contribution in [0.15, 0.2) is 54.6 Å². The Kier molecular flexibility index (Phi) is 4.81. The van der Waals surface area contributed by atoms with Gasteiger partial charge in [0.25, 0.3) is 5.91 Å². The van der Waals surface area contributed by atoms with Crippen LogP contribution in [0.2, 0.25) is 0 Å². The lowest BCUT2D eigenvalue weighted by atomic mass is 9.99. The molecule has 0 spiro atoms. The Balaban J connectivity index is 1.60. The summed E-state index contributed by atoms with van der Waals surface area (Å²) >= 11 is 0. The zero-order chi connectivity index (χ0) is 22.4. The Hall–Kier alpha value is -3.87. The maximum atomic E-state index is 14.0. The summed E-state index contributed by atoms with van der Waals surface area (Å²) in [6.45, 7) is 0.492. The number of ether oxygens (including phenoxy) is 1. The fraction of sp³-hybridized carbons (Fsp3) is 0.200. The summed E-state index contributed by atoms with van der Waals surface area (Å²) in [6, 6.07) is 15.7. The molecule has 0 aliphatic carbocycles. The summed E-state index contributed by atoms with van der Waals surface area (Å²) in [7, 11) is 1.54. The first-order valence-electron chi connectivity index (χ1n) is 10.3. The van der Waals surface area contributed by atoms with Crippen molar-refractivity contribution in [3.8, 4) is 5.75 Å². The quantitative estimate of drug-likeness (QED) is 0.524. The van der Waals surface area contributed by atoms with Crippen LogP contribution in [0, 0.1) is 5.82 Å². The molecule has 2 heterocycles. The lowest BCUT2D eigenvalue weighted by molar-refractivity contribution is -0.137. The Bertz CT molecular complexity index is 1390. The molecular weight excluding hydrogens is 411 g/mol. The van der Waals surface area contributed by atoms with E-state index in [0.717, 1.165) is 22.0 Å². The van der Waals surface area contributed by atoms with E-state index < -0.39 is 11.8 Å². The second kappa shape index (κ2) is 7.67. The molecule has 4 aromatic rings. The highest BCUT2D eigenvalue weighted by atomic mass is 19.1. The number of carboxylic acid groups (broad SMARTS) is 1. The number of amides is 1. The molecule has 0 atom stereocenters. The molecule has 1 aliphatic heterocycles. The van der Waals surface area contributed by atoms with E-state index in [4.69, 9.17) is 4.74 Å². The zero-order valence-electron chi connectivity index (χ0n) is 17.5. The number of carbonyl (C=O) groups is 2. The SMILES string of the molecule is COc1ccc2ccccc2c1C(=O)N1CCc2c(c3cc(F)ccc3n2CC(=O)O)C1. The molecule has 0 fully saturated rings. The molecule has 0 saturated heterocycles. The zero-order valence-corrected chi connectivity index (χ0v) is 17.5. The molecule has 0 radical (unpaired) electrons. The molecular formula is C25H21FN2O4.